The lowest BCUT2D eigenvalue weighted by molar-refractivity contribution is -0.0521. The van der Waals surface area contributed by atoms with E-state index in [1.54, 1.807) is 11.2 Å². The molecule has 1 aliphatic rings. The van der Waals surface area contributed by atoms with Crippen molar-refractivity contribution in [2.45, 2.75) is 24.5 Å². The summed E-state index contributed by atoms with van der Waals surface area (Å²) >= 11 is 3.31. The zero-order valence-corrected chi connectivity index (χ0v) is 14.6. The SMILES string of the molecule is CN(C)/C=N/c1ncnc2c1nc(Br)n2[C@@H]1O[C@H](CO)[C@@H](O)[C@H]1O. The lowest BCUT2D eigenvalue weighted by Crippen LogP contribution is -2.33. The predicted molar refractivity (Wildman–Crippen MR) is 87.9 cm³/mol. The molecule has 0 amide bonds. The number of rotatable bonds is 4. The minimum Gasteiger partial charge on any atom is -0.394 e. The molecule has 0 aliphatic carbocycles. The van der Waals surface area contributed by atoms with Gasteiger partial charge in [0.05, 0.1) is 12.9 Å². The molecule has 0 radical (unpaired) electrons. The Balaban J connectivity index is 2.07. The summed E-state index contributed by atoms with van der Waals surface area (Å²) < 4.78 is 7.38. The van der Waals surface area contributed by atoms with Gasteiger partial charge in [-0.1, -0.05) is 0 Å². The van der Waals surface area contributed by atoms with Gasteiger partial charge in [0.15, 0.2) is 27.9 Å². The van der Waals surface area contributed by atoms with Gasteiger partial charge in [-0.05, 0) is 15.9 Å². The van der Waals surface area contributed by atoms with Gasteiger partial charge in [-0.15, -0.1) is 0 Å². The van der Waals surface area contributed by atoms with E-state index < -0.39 is 31.1 Å². The maximum absolute atomic E-state index is 10.2. The molecule has 2 aromatic heterocycles. The highest BCUT2D eigenvalue weighted by atomic mass is 79.9. The van der Waals surface area contributed by atoms with Crippen molar-refractivity contribution in [2.24, 2.45) is 4.99 Å². The van der Waals surface area contributed by atoms with Crippen LogP contribution in [0.4, 0.5) is 5.82 Å². The van der Waals surface area contributed by atoms with E-state index in [1.165, 1.54) is 10.9 Å². The first-order chi connectivity index (χ1) is 11.4. The Bertz CT molecular complexity index is 766. The standard InChI is InChI=1S/C13H17BrN6O4/c1-19(2)5-17-10-7-11(16-4-15-10)20(13(14)18-7)12-9(23)8(22)6(3-21)24-12/h4-6,8-9,12,21-23H,3H2,1-2H3/b17-5+/t6-,8-,9-,12-/m1/s1. The molecular formula is C13H17BrN6O4. The molecule has 10 nitrogen and oxygen atoms in total. The maximum atomic E-state index is 10.2. The molecule has 11 heteroatoms. The van der Waals surface area contributed by atoms with Crippen molar-refractivity contribution in [3.05, 3.63) is 11.1 Å². The average Bonchev–Trinajstić information content (AvgIpc) is 3.02. The van der Waals surface area contributed by atoms with E-state index in [9.17, 15) is 15.3 Å². The van der Waals surface area contributed by atoms with Crippen LogP contribution in [-0.4, -0.2) is 85.1 Å². The van der Waals surface area contributed by atoms with Crippen molar-refractivity contribution in [2.75, 3.05) is 20.7 Å². The zero-order valence-electron chi connectivity index (χ0n) is 13.0. The van der Waals surface area contributed by atoms with E-state index in [1.807, 2.05) is 14.1 Å². The number of hydrogen-bond donors (Lipinski definition) is 3. The van der Waals surface area contributed by atoms with Crippen LogP contribution >= 0.6 is 15.9 Å². The van der Waals surface area contributed by atoms with Crippen LogP contribution in [0.3, 0.4) is 0 Å². The minimum absolute atomic E-state index is 0.342. The molecular weight excluding hydrogens is 384 g/mol. The number of aliphatic hydroxyl groups is 3. The molecule has 2 aromatic rings. The number of nitrogens with zero attached hydrogens (tertiary/aromatic N) is 6. The van der Waals surface area contributed by atoms with Crippen LogP contribution in [0.1, 0.15) is 6.23 Å². The van der Waals surface area contributed by atoms with Crippen molar-refractivity contribution in [3.8, 4) is 0 Å². The molecule has 1 fully saturated rings. The van der Waals surface area contributed by atoms with Crippen molar-refractivity contribution >= 4 is 39.3 Å². The summed E-state index contributed by atoms with van der Waals surface area (Å²) in [6.45, 7) is -0.410. The van der Waals surface area contributed by atoms with Gasteiger partial charge < -0.3 is 25.0 Å². The third-order valence-corrected chi connectivity index (χ3v) is 4.16. The first-order valence-corrected chi connectivity index (χ1v) is 7.94. The summed E-state index contributed by atoms with van der Waals surface area (Å²) in [7, 11) is 3.66. The van der Waals surface area contributed by atoms with Crippen LogP contribution in [0.25, 0.3) is 11.2 Å². The number of imidazole rings is 1. The zero-order chi connectivity index (χ0) is 17.4. The number of aliphatic imine (C=N–C) groups is 1. The highest BCUT2D eigenvalue weighted by molar-refractivity contribution is 9.10. The Morgan fingerprint density at radius 3 is 2.75 bits per heavy atom. The largest absolute Gasteiger partial charge is 0.394 e. The summed E-state index contributed by atoms with van der Waals surface area (Å²) in [5.74, 6) is 0.361. The molecule has 3 rings (SSSR count). The molecule has 130 valence electrons. The van der Waals surface area contributed by atoms with Gasteiger partial charge in [0.25, 0.3) is 0 Å². The number of fused-ring (bicyclic) bond motifs is 1. The van der Waals surface area contributed by atoms with E-state index in [2.05, 4.69) is 35.9 Å². The third kappa shape index (κ3) is 2.89. The predicted octanol–water partition coefficient (Wildman–Crippen LogP) is -0.578. The van der Waals surface area contributed by atoms with E-state index in [4.69, 9.17) is 4.74 Å². The van der Waals surface area contributed by atoms with Gasteiger partial charge in [-0.3, -0.25) is 4.57 Å². The molecule has 0 unspecified atom stereocenters. The first kappa shape index (κ1) is 17.2. The molecule has 24 heavy (non-hydrogen) atoms. The highest BCUT2D eigenvalue weighted by Crippen LogP contribution is 2.35. The molecule has 3 heterocycles. The summed E-state index contributed by atoms with van der Waals surface area (Å²) in [6.07, 6.45) is -1.37. The van der Waals surface area contributed by atoms with E-state index in [0.29, 0.717) is 21.7 Å². The summed E-state index contributed by atoms with van der Waals surface area (Å²) in [4.78, 5) is 18.6. The van der Waals surface area contributed by atoms with Crippen LogP contribution in [0, 0.1) is 0 Å². The Kier molecular flexibility index (Phi) is 4.78. The minimum atomic E-state index is -1.24. The van der Waals surface area contributed by atoms with E-state index in [-0.39, 0.29) is 0 Å². The Morgan fingerprint density at radius 2 is 2.12 bits per heavy atom. The Labute approximate surface area is 145 Å². The fraction of sp³-hybridized carbons (Fsp3) is 0.538. The molecule has 1 aliphatic heterocycles. The molecule has 0 bridgehead atoms. The van der Waals surface area contributed by atoms with Crippen LogP contribution in [0.2, 0.25) is 0 Å². The Morgan fingerprint density at radius 1 is 1.38 bits per heavy atom. The highest BCUT2D eigenvalue weighted by Gasteiger charge is 2.44. The second-order valence-corrected chi connectivity index (χ2v) is 6.27. The van der Waals surface area contributed by atoms with Gasteiger partial charge in [0, 0.05) is 14.1 Å². The van der Waals surface area contributed by atoms with Crippen molar-refractivity contribution in [3.63, 3.8) is 0 Å². The number of hydrogen-bond acceptors (Lipinski definition) is 8. The number of aliphatic hydroxyl groups excluding tert-OH is 3. The molecule has 0 saturated carbocycles. The molecule has 3 N–H and O–H groups in total. The van der Waals surface area contributed by atoms with Crippen LogP contribution in [0.15, 0.2) is 16.1 Å². The van der Waals surface area contributed by atoms with Gasteiger partial charge in [-0.2, -0.15) is 0 Å². The Hall–Kier alpha value is -1.66. The maximum Gasteiger partial charge on any atom is 0.185 e. The number of aromatic nitrogens is 4. The van der Waals surface area contributed by atoms with Crippen molar-refractivity contribution in [1.82, 2.24) is 24.4 Å². The number of halogens is 1. The van der Waals surface area contributed by atoms with Gasteiger partial charge in [-0.25, -0.2) is 19.9 Å². The molecule has 0 spiro atoms. The van der Waals surface area contributed by atoms with Gasteiger partial charge in [0.2, 0.25) is 0 Å². The topological polar surface area (TPSA) is 129 Å². The fourth-order valence-corrected chi connectivity index (χ4v) is 3.00. The van der Waals surface area contributed by atoms with E-state index >= 15 is 0 Å². The normalized spacial score (nSPS) is 27.4. The lowest BCUT2D eigenvalue weighted by Gasteiger charge is -2.17. The van der Waals surface area contributed by atoms with Crippen molar-refractivity contribution < 1.29 is 20.1 Å². The van der Waals surface area contributed by atoms with Crippen LogP contribution in [-0.2, 0) is 4.74 Å². The fourth-order valence-electron chi connectivity index (χ4n) is 2.45. The molecule has 4 atom stereocenters. The molecule has 0 aromatic carbocycles. The smallest absolute Gasteiger partial charge is 0.185 e. The van der Waals surface area contributed by atoms with E-state index in [0.717, 1.165) is 0 Å². The quantitative estimate of drug-likeness (QED) is 0.353. The van der Waals surface area contributed by atoms with Gasteiger partial charge in [0.1, 0.15) is 24.6 Å². The average molecular weight is 401 g/mol. The first-order valence-electron chi connectivity index (χ1n) is 7.15. The third-order valence-electron chi connectivity index (χ3n) is 3.60. The monoisotopic (exact) mass is 400 g/mol. The van der Waals surface area contributed by atoms with Crippen LogP contribution < -0.4 is 0 Å². The number of ether oxygens (including phenoxy) is 1. The second kappa shape index (κ2) is 6.69. The molecule has 1 saturated heterocycles. The van der Waals surface area contributed by atoms with Crippen LogP contribution in [0.5, 0.6) is 0 Å². The lowest BCUT2D eigenvalue weighted by atomic mass is 10.1. The summed E-state index contributed by atoms with van der Waals surface area (Å²) in [5.41, 5.74) is 0.804. The second-order valence-electron chi connectivity index (χ2n) is 5.56. The van der Waals surface area contributed by atoms with Gasteiger partial charge >= 0.3 is 0 Å². The summed E-state index contributed by atoms with van der Waals surface area (Å²) in [6, 6.07) is 0. The van der Waals surface area contributed by atoms with Crippen molar-refractivity contribution in [1.29, 1.82) is 0 Å². The summed E-state index contributed by atoms with van der Waals surface area (Å²) in [5, 5.41) is 29.4.